The van der Waals surface area contributed by atoms with E-state index in [9.17, 15) is 0 Å². The van der Waals surface area contributed by atoms with Crippen molar-refractivity contribution in [3.63, 3.8) is 0 Å². The van der Waals surface area contributed by atoms with Crippen molar-refractivity contribution in [2.24, 2.45) is 7.05 Å². The van der Waals surface area contributed by atoms with Gasteiger partial charge in [-0.3, -0.25) is 9.58 Å². The maximum absolute atomic E-state index is 4.84. The highest BCUT2D eigenvalue weighted by Gasteiger charge is 2.25. The minimum absolute atomic E-state index is 0.585. The van der Waals surface area contributed by atoms with E-state index in [1.807, 2.05) is 11.7 Å². The van der Waals surface area contributed by atoms with E-state index in [4.69, 9.17) is 5.10 Å². The van der Waals surface area contributed by atoms with Crippen LogP contribution in [0.25, 0.3) is 0 Å². The molecule has 0 unspecified atom stereocenters. The molecule has 2 aromatic carbocycles. The molecule has 1 aromatic heterocycles. The van der Waals surface area contributed by atoms with E-state index in [2.05, 4.69) is 71.8 Å². The number of rotatable bonds is 5. The topological polar surface area (TPSA) is 21.1 Å². The largest absolute Gasteiger partial charge is 0.299 e. The molecule has 3 aromatic rings. The summed E-state index contributed by atoms with van der Waals surface area (Å²) >= 11 is 0. The standard InChI is InChI=1S/C23H27N3/c1-25-18-22(16-19-8-4-2-5-9-19)23(24-25)21-12-14-26(15-13-21)17-20-10-6-3-7-11-20/h2-11,18,21H,12-17H2,1H3. The molecule has 0 atom stereocenters. The van der Waals surface area contributed by atoms with Gasteiger partial charge in [-0.25, -0.2) is 0 Å². The molecular formula is C23H27N3. The summed E-state index contributed by atoms with van der Waals surface area (Å²) in [4.78, 5) is 2.58. The Balaban J connectivity index is 1.41. The Kier molecular flexibility index (Phi) is 5.16. The highest BCUT2D eigenvalue weighted by Crippen LogP contribution is 2.30. The first-order valence-corrected chi connectivity index (χ1v) is 9.60. The Morgan fingerprint density at radius 2 is 1.50 bits per heavy atom. The van der Waals surface area contributed by atoms with Crippen LogP contribution in [0.3, 0.4) is 0 Å². The zero-order valence-corrected chi connectivity index (χ0v) is 15.5. The number of benzene rings is 2. The predicted molar refractivity (Wildman–Crippen MR) is 106 cm³/mol. The normalized spacial score (nSPS) is 16.0. The van der Waals surface area contributed by atoms with Crippen molar-refractivity contribution in [2.75, 3.05) is 13.1 Å². The van der Waals surface area contributed by atoms with Crippen molar-refractivity contribution in [3.8, 4) is 0 Å². The molecule has 0 spiro atoms. The molecule has 134 valence electrons. The van der Waals surface area contributed by atoms with Gasteiger partial charge in [-0.1, -0.05) is 60.7 Å². The van der Waals surface area contributed by atoms with Crippen LogP contribution in [-0.2, 0) is 20.0 Å². The Bertz CT molecular complexity index is 815. The maximum Gasteiger partial charge on any atom is 0.0691 e. The van der Waals surface area contributed by atoms with Crippen molar-refractivity contribution in [1.29, 1.82) is 0 Å². The number of hydrogen-bond donors (Lipinski definition) is 0. The van der Waals surface area contributed by atoms with Crippen molar-refractivity contribution < 1.29 is 0 Å². The first-order valence-electron chi connectivity index (χ1n) is 9.60. The van der Waals surface area contributed by atoms with E-state index < -0.39 is 0 Å². The summed E-state index contributed by atoms with van der Waals surface area (Å²) in [7, 11) is 2.04. The van der Waals surface area contributed by atoms with Gasteiger partial charge in [-0.15, -0.1) is 0 Å². The molecule has 0 aliphatic carbocycles. The van der Waals surface area contributed by atoms with Crippen LogP contribution < -0.4 is 0 Å². The van der Waals surface area contributed by atoms with Gasteiger partial charge in [0.25, 0.3) is 0 Å². The van der Waals surface area contributed by atoms with Crippen LogP contribution in [0.2, 0.25) is 0 Å². The lowest BCUT2D eigenvalue weighted by molar-refractivity contribution is 0.202. The number of likely N-dealkylation sites (tertiary alicyclic amines) is 1. The number of aromatic nitrogens is 2. The summed E-state index contributed by atoms with van der Waals surface area (Å²) in [5.74, 6) is 0.585. The third-order valence-electron chi connectivity index (χ3n) is 5.40. The van der Waals surface area contributed by atoms with Gasteiger partial charge in [0.2, 0.25) is 0 Å². The summed E-state index contributed by atoms with van der Waals surface area (Å²) < 4.78 is 1.99. The lowest BCUT2D eigenvalue weighted by atomic mass is 9.89. The molecule has 0 saturated carbocycles. The third kappa shape index (κ3) is 4.05. The first kappa shape index (κ1) is 17.0. The molecule has 2 heterocycles. The van der Waals surface area contributed by atoms with Gasteiger partial charge in [0.1, 0.15) is 0 Å². The molecule has 0 N–H and O–H groups in total. The first-order chi connectivity index (χ1) is 12.8. The van der Waals surface area contributed by atoms with Crippen molar-refractivity contribution in [2.45, 2.75) is 31.7 Å². The monoisotopic (exact) mass is 345 g/mol. The molecular weight excluding hydrogens is 318 g/mol. The number of aryl methyl sites for hydroxylation is 1. The van der Waals surface area contributed by atoms with Crippen molar-refractivity contribution in [3.05, 3.63) is 89.2 Å². The Labute approximate surface area is 156 Å². The van der Waals surface area contributed by atoms with Gasteiger partial charge in [-0.2, -0.15) is 5.10 Å². The van der Waals surface area contributed by atoms with Gasteiger partial charge in [0.15, 0.2) is 0 Å². The highest BCUT2D eigenvalue weighted by atomic mass is 15.3. The lowest BCUT2D eigenvalue weighted by Gasteiger charge is -2.31. The lowest BCUT2D eigenvalue weighted by Crippen LogP contribution is -2.32. The van der Waals surface area contributed by atoms with Crippen molar-refractivity contribution >= 4 is 0 Å². The minimum Gasteiger partial charge on any atom is -0.299 e. The molecule has 0 bridgehead atoms. The van der Waals surface area contributed by atoms with Crippen molar-refractivity contribution in [1.82, 2.24) is 14.7 Å². The van der Waals surface area contributed by atoms with E-state index in [1.54, 1.807) is 0 Å². The van der Waals surface area contributed by atoms with Gasteiger partial charge < -0.3 is 0 Å². The van der Waals surface area contributed by atoms with Gasteiger partial charge in [0.05, 0.1) is 5.69 Å². The van der Waals surface area contributed by atoms with Crippen LogP contribution in [0.5, 0.6) is 0 Å². The van der Waals surface area contributed by atoms with Gasteiger partial charge in [0, 0.05) is 32.1 Å². The second-order valence-corrected chi connectivity index (χ2v) is 7.41. The molecule has 1 saturated heterocycles. The second-order valence-electron chi connectivity index (χ2n) is 7.41. The highest BCUT2D eigenvalue weighted by molar-refractivity contribution is 5.29. The van der Waals surface area contributed by atoms with Gasteiger partial charge in [-0.05, 0) is 42.6 Å². The molecule has 4 rings (SSSR count). The Morgan fingerprint density at radius 3 is 2.15 bits per heavy atom. The number of nitrogens with zero attached hydrogens (tertiary/aromatic N) is 3. The summed E-state index contributed by atoms with van der Waals surface area (Å²) in [5.41, 5.74) is 5.48. The minimum atomic E-state index is 0.585. The van der Waals surface area contributed by atoms with E-state index in [0.717, 1.165) is 26.1 Å². The fraction of sp³-hybridized carbons (Fsp3) is 0.348. The molecule has 0 amide bonds. The fourth-order valence-electron chi connectivity index (χ4n) is 4.06. The predicted octanol–water partition coefficient (Wildman–Crippen LogP) is 4.39. The number of piperidine rings is 1. The molecule has 3 nitrogen and oxygen atoms in total. The van der Waals surface area contributed by atoms with Crippen LogP contribution in [-0.4, -0.2) is 27.8 Å². The van der Waals surface area contributed by atoms with Gasteiger partial charge >= 0.3 is 0 Å². The summed E-state index contributed by atoms with van der Waals surface area (Å²) in [5, 5.41) is 4.84. The summed E-state index contributed by atoms with van der Waals surface area (Å²) in [6.07, 6.45) is 5.59. The van der Waals surface area contributed by atoms with Crippen LogP contribution in [0, 0.1) is 0 Å². The van der Waals surface area contributed by atoms with Crippen LogP contribution in [0.1, 0.15) is 41.1 Å². The molecule has 1 aliphatic rings. The zero-order chi connectivity index (χ0) is 17.8. The van der Waals surface area contributed by atoms with Crippen LogP contribution in [0.4, 0.5) is 0 Å². The second kappa shape index (κ2) is 7.88. The summed E-state index contributed by atoms with van der Waals surface area (Å²) in [6.45, 7) is 3.37. The quantitative estimate of drug-likeness (QED) is 0.684. The van der Waals surface area contributed by atoms with Crippen LogP contribution in [0.15, 0.2) is 66.9 Å². The maximum atomic E-state index is 4.84. The molecule has 0 radical (unpaired) electrons. The summed E-state index contributed by atoms with van der Waals surface area (Å²) in [6, 6.07) is 21.5. The average molecular weight is 345 g/mol. The number of hydrogen-bond acceptors (Lipinski definition) is 2. The van der Waals surface area contributed by atoms with E-state index in [1.165, 1.54) is 35.2 Å². The molecule has 1 fully saturated rings. The molecule has 1 aliphatic heterocycles. The third-order valence-corrected chi connectivity index (χ3v) is 5.40. The SMILES string of the molecule is Cn1cc(Cc2ccccc2)c(C2CCN(Cc3ccccc3)CC2)n1. The fourth-order valence-corrected chi connectivity index (χ4v) is 4.06. The van der Waals surface area contributed by atoms with E-state index in [-0.39, 0.29) is 0 Å². The Hall–Kier alpha value is -2.39. The Morgan fingerprint density at radius 1 is 0.885 bits per heavy atom. The van der Waals surface area contributed by atoms with E-state index in [0.29, 0.717) is 5.92 Å². The van der Waals surface area contributed by atoms with E-state index >= 15 is 0 Å². The molecule has 3 heteroatoms. The zero-order valence-electron chi connectivity index (χ0n) is 15.5. The van der Waals surface area contributed by atoms with Crippen LogP contribution >= 0.6 is 0 Å². The average Bonchev–Trinajstić information content (AvgIpc) is 3.04. The smallest absolute Gasteiger partial charge is 0.0691 e. The molecule has 26 heavy (non-hydrogen) atoms.